The van der Waals surface area contributed by atoms with Crippen molar-refractivity contribution in [2.45, 2.75) is 32.7 Å². The van der Waals surface area contributed by atoms with Crippen LogP contribution in [-0.2, 0) is 6.54 Å². The lowest BCUT2D eigenvalue weighted by molar-refractivity contribution is 0.0683. The summed E-state index contributed by atoms with van der Waals surface area (Å²) in [5, 5.41) is 9.08. The zero-order valence-electron chi connectivity index (χ0n) is 9.32. The fraction of sp³-hybridized carbons (Fsp3) is 0.583. The number of hydrogen-bond acceptors (Lipinski definition) is 1. The topological polar surface area (TPSA) is 42.2 Å². The maximum atomic E-state index is 11.0. The molecule has 0 bridgehead atoms. The molecule has 0 saturated heterocycles. The van der Waals surface area contributed by atoms with Gasteiger partial charge >= 0.3 is 5.97 Å². The number of aromatic carboxylic acids is 1. The van der Waals surface area contributed by atoms with Gasteiger partial charge in [-0.1, -0.05) is 19.8 Å². The van der Waals surface area contributed by atoms with Crippen molar-refractivity contribution in [2.75, 3.05) is 0 Å². The van der Waals surface area contributed by atoms with Crippen LogP contribution in [0.4, 0.5) is 0 Å². The number of carbonyl (C=O) groups is 1. The summed E-state index contributed by atoms with van der Waals surface area (Å²) in [6.07, 6.45) is 5.64. The highest BCUT2D eigenvalue weighted by atomic mass is 79.9. The van der Waals surface area contributed by atoms with E-state index in [-0.39, 0.29) is 0 Å². The quantitative estimate of drug-likeness (QED) is 0.925. The summed E-state index contributed by atoms with van der Waals surface area (Å²) in [5.74, 6) is 0.483. The van der Waals surface area contributed by atoms with Crippen LogP contribution in [0.25, 0.3) is 0 Å². The molecule has 1 saturated carbocycles. The summed E-state index contributed by atoms with van der Waals surface area (Å²) in [5.41, 5.74) is 0.381. The number of carboxylic acid groups (broad SMARTS) is 1. The minimum Gasteiger partial charge on any atom is -0.477 e. The Bertz CT molecular complexity index is 400. The molecule has 1 fully saturated rings. The van der Waals surface area contributed by atoms with E-state index in [9.17, 15) is 4.79 Å². The van der Waals surface area contributed by atoms with Crippen molar-refractivity contribution in [2.24, 2.45) is 11.8 Å². The van der Waals surface area contributed by atoms with Crippen LogP contribution >= 0.6 is 15.9 Å². The lowest BCUT2D eigenvalue weighted by Gasteiger charge is -2.17. The summed E-state index contributed by atoms with van der Waals surface area (Å²) in [7, 11) is 0. The first-order valence-corrected chi connectivity index (χ1v) is 6.46. The molecule has 1 aliphatic carbocycles. The van der Waals surface area contributed by atoms with E-state index in [1.807, 2.05) is 10.8 Å². The van der Waals surface area contributed by atoms with Crippen molar-refractivity contribution >= 4 is 21.9 Å². The highest BCUT2D eigenvalue weighted by Crippen LogP contribution is 2.33. The third-order valence-electron chi connectivity index (χ3n) is 3.55. The second kappa shape index (κ2) is 4.62. The lowest BCUT2D eigenvalue weighted by Crippen LogP contribution is -2.16. The smallest absolute Gasteiger partial charge is 0.352 e. The average molecular weight is 286 g/mol. The first kappa shape index (κ1) is 11.7. The first-order valence-electron chi connectivity index (χ1n) is 5.67. The van der Waals surface area contributed by atoms with Crippen molar-refractivity contribution in [3.05, 3.63) is 22.4 Å². The van der Waals surface area contributed by atoms with Gasteiger partial charge in [-0.3, -0.25) is 0 Å². The second-order valence-electron chi connectivity index (χ2n) is 4.67. The Morgan fingerprint density at radius 1 is 1.62 bits per heavy atom. The molecule has 0 aliphatic heterocycles. The van der Waals surface area contributed by atoms with Crippen molar-refractivity contribution in [1.82, 2.24) is 4.57 Å². The number of aromatic nitrogens is 1. The molecule has 0 spiro atoms. The van der Waals surface area contributed by atoms with Crippen LogP contribution in [-0.4, -0.2) is 15.6 Å². The molecule has 2 atom stereocenters. The van der Waals surface area contributed by atoms with Gasteiger partial charge in [0.25, 0.3) is 0 Å². The summed E-state index contributed by atoms with van der Waals surface area (Å²) in [4.78, 5) is 11.0. The van der Waals surface area contributed by atoms with Crippen molar-refractivity contribution in [3.63, 3.8) is 0 Å². The highest BCUT2D eigenvalue weighted by molar-refractivity contribution is 9.10. The van der Waals surface area contributed by atoms with E-state index < -0.39 is 5.97 Å². The predicted octanol–water partition coefficient (Wildman–Crippen LogP) is 3.39. The van der Waals surface area contributed by atoms with Gasteiger partial charge < -0.3 is 9.67 Å². The zero-order valence-corrected chi connectivity index (χ0v) is 10.9. The molecule has 88 valence electrons. The molecular weight excluding hydrogens is 270 g/mol. The molecule has 1 N–H and O–H groups in total. The maximum absolute atomic E-state index is 11.0. The molecule has 1 aromatic heterocycles. The summed E-state index contributed by atoms with van der Waals surface area (Å²) in [6.45, 7) is 3.09. The number of halogens is 1. The van der Waals surface area contributed by atoms with Crippen molar-refractivity contribution in [1.29, 1.82) is 0 Å². The van der Waals surface area contributed by atoms with E-state index >= 15 is 0 Å². The molecule has 1 heterocycles. The Hall–Kier alpha value is -0.770. The molecule has 3 nitrogen and oxygen atoms in total. The van der Waals surface area contributed by atoms with Crippen molar-refractivity contribution in [3.8, 4) is 0 Å². The van der Waals surface area contributed by atoms with Gasteiger partial charge in [-0.25, -0.2) is 4.79 Å². The zero-order chi connectivity index (χ0) is 11.7. The third kappa shape index (κ3) is 2.32. The second-order valence-corrected chi connectivity index (χ2v) is 5.59. The molecule has 0 radical (unpaired) electrons. The number of carboxylic acids is 1. The van der Waals surface area contributed by atoms with Gasteiger partial charge in [0.15, 0.2) is 0 Å². The Balaban J connectivity index is 2.17. The molecule has 4 heteroatoms. The van der Waals surface area contributed by atoms with E-state index in [4.69, 9.17) is 5.11 Å². The number of rotatable bonds is 3. The summed E-state index contributed by atoms with van der Waals surface area (Å²) >= 11 is 3.33. The maximum Gasteiger partial charge on any atom is 0.352 e. The molecule has 1 aromatic rings. The van der Waals surface area contributed by atoms with Crippen LogP contribution in [0.5, 0.6) is 0 Å². The monoisotopic (exact) mass is 285 g/mol. The van der Waals surface area contributed by atoms with Crippen LogP contribution in [0.3, 0.4) is 0 Å². The van der Waals surface area contributed by atoms with Gasteiger partial charge in [0.2, 0.25) is 0 Å². The Morgan fingerprint density at radius 2 is 2.38 bits per heavy atom. The van der Waals surface area contributed by atoms with E-state index in [2.05, 4.69) is 22.9 Å². The van der Waals surface area contributed by atoms with Crippen molar-refractivity contribution < 1.29 is 9.90 Å². The van der Waals surface area contributed by atoms with Gasteiger partial charge in [0, 0.05) is 17.2 Å². The molecule has 1 aliphatic rings. The molecule has 2 unspecified atom stereocenters. The normalized spacial score (nSPS) is 24.9. The Labute approximate surface area is 104 Å². The lowest BCUT2D eigenvalue weighted by atomic mass is 9.98. The fourth-order valence-corrected chi connectivity index (χ4v) is 3.01. The third-order valence-corrected chi connectivity index (χ3v) is 3.99. The van der Waals surface area contributed by atoms with Crippen LogP contribution in [0.15, 0.2) is 16.7 Å². The van der Waals surface area contributed by atoms with Crippen LogP contribution in [0.2, 0.25) is 0 Å². The van der Waals surface area contributed by atoms with Crippen LogP contribution < -0.4 is 0 Å². The summed E-state index contributed by atoms with van der Waals surface area (Å²) in [6, 6.07) is 1.67. The minimum absolute atomic E-state index is 0.381. The van der Waals surface area contributed by atoms with Gasteiger partial charge in [-0.05, 0) is 40.3 Å². The summed E-state index contributed by atoms with van der Waals surface area (Å²) < 4.78 is 2.70. The van der Waals surface area contributed by atoms with Gasteiger partial charge in [-0.15, -0.1) is 0 Å². The van der Waals surface area contributed by atoms with E-state index in [0.717, 1.165) is 11.0 Å². The van der Waals surface area contributed by atoms with Gasteiger partial charge in [0.05, 0.1) is 0 Å². The minimum atomic E-state index is -0.851. The van der Waals surface area contributed by atoms with E-state index in [0.29, 0.717) is 17.5 Å². The molecule has 2 rings (SSSR count). The first-order chi connectivity index (χ1) is 7.58. The molecule has 0 amide bonds. The SMILES string of the molecule is CC1CCCC1Cn1cc(Br)cc1C(=O)O. The Kier molecular flexibility index (Phi) is 3.38. The standard InChI is InChI=1S/C12H16BrNO2/c1-8-3-2-4-9(8)6-14-7-10(13)5-11(14)12(15)16/h5,7-9H,2-4,6H2,1H3,(H,15,16). The largest absolute Gasteiger partial charge is 0.477 e. The molecule has 16 heavy (non-hydrogen) atoms. The molecule has 0 aromatic carbocycles. The average Bonchev–Trinajstić information content (AvgIpc) is 2.75. The van der Waals surface area contributed by atoms with Crippen LogP contribution in [0, 0.1) is 11.8 Å². The molecular formula is C12H16BrNO2. The van der Waals surface area contributed by atoms with Crippen LogP contribution in [0.1, 0.15) is 36.7 Å². The number of nitrogens with zero attached hydrogens (tertiary/aromatic N) is 1. The van der Waals surface area contributed by atoms with E-state index in [1.54, 1.807) is 6.07 Å². The highest BCUT2D eigenvalue weighted by Gasteiger charge is 2.25. The predicted molar refractivity (Wildman–Crippen MR) is 65.6 cm³/mol. The fourth-order valence-electron chi connectivity index (χ4n) is 2.55. The van der Waals surface area contributed by atoms with Gasteiger partial charge in [-0.2, -0.15) is 0 Å². The van der Waals surface area contributed by atoms with E-state index in [1.165, 1.54) is 19.3 Å². The Morgan fingerprint density at radius 3 is 2.94 bits per heavy atom. The van der Waals surface area contributed by atoms with Gasteiger partial charge in [0.1, 0.15) is 5.69 Å². The number of hydrogen-bond donors (Lipinski definition) is 1.